The van der Waals surface area contributed by atoms with Crippen molar-refractivity contribution < 1.29 is 9.18 Å². The first-order chi connectivity index (χ1) is 12.9. The molecule has 1 aliphatic heterocycles. The Labute approximate surface area is 159 Å². The maximum Gasteiger partial charge on any atom is 0.248 e. The van der Waals surface area contributed by atoms with E-state index in [0.29, 0.717) is 33.6 Å². The van der Waals surface area contributed by atoms with Gasteiger partial charge in [-0.3, -0.25) is 4.79 Å². The van der Waals surface area contributed by atoms with E-state index in [9.17, 15) is 9.18 Å². The summed E-state index contributed by atoms with van der Waals surface area (Å²) in [7, 11) is 0. The summed E-state index contributed by atoms with van der Waals surface area (Å²) in [4.78, 5) is 16.6. The van der Waals surface area contributed by atoms with Gasteiger partial charge < -0.3 is 11.1 Å². The molecule has 0 spiro atoms. The molecule has 1 aromatic heterocycles. The van der Waals surface area contributed by atoms with E-state index in [1.807, 2.05) is 12.1 Å². The molecule has 4 rings (SSSR count). The third-order valence-electron chi connectivity index (χ3n) is 4.41. The van der Waals surface area contributed by atoms with E-state index < -0.39 is 11.9 Å². The molecule has 0 bridgehead atoms. The number of nitrogens with two attached hydrogens (primary N) is 1. The second-order valence-corrected chi connectivity index (χ2v) is 6.63. The van der Waals surface area contributed by atoms with Crippen LogP contribution >= 0.6 is 11.6 Å². The number of nitrogens with one attached hydrogen (secondary N) is 1. The number of fused-ring (bicyclic) bond motifs is 1. The number of hydrogen-bond donors (Lipinski definition) is 2. The summed E-state index contributed by atoms with van der Waals surface area (Å²) in [6, 6.07) is 12.5. The first-order valence-electron chi connectivity index (χ1n) is 8.19. The number of primary amides is 1. The highest BCUT2D eigenvalue weighted by atomic mass is 35.5. The summed E-state index contributed by atoms with van der Waals surface area (Å²) in [6.07, 6.45) is 0. The SMILES string of the molecule is CC1=C(C(N)=O)C(c2ccc(Cl)cc2)n2nc(-c3ccc(F)cc3)nc2N1. The van der Waals surface area contributed by atoms with Crippen molar-refractivity contribution >= 4 is 23.5 Å². The van der Waals surface area contributed by atoms with Crippen molar-refractivity contribution in [3.8, 4) is 11.4 Å². The summed E-state index contributed by atoms with van der Waals surface area (Å²) < 4.78 is 14.8. The lowest BCUT2D eigenvalue weighted by Crippen LogP contribution is -2.31. The normalized spacial score (nSPS) is 16.0. The molecular formula is C19H15ClFN5O. The van der Waals surface area contributed by atoms with Gasteiger partial charge in [-0.15, -0.1) is 5.10 Å². The average molecular weight is 384 g/mol. The lowest BCUT2D eigenvalue weighted by atomic mass is 9.95. The van der Waals surface area contributed by atoms with E-state index in [4.69, 9.17) is 17.3 Å². The topological polar surface area (TPSA) is 85.8 Å². The zero-order valence-corrected chi connectivity index (χ0v) is 15.0. The molecule has 2 aromatic carbocycles. The largest absolute Gasteiger partial charge is 0.366 e. The minimum Gasteiger partial charge on any atom is -0.366 e. The molecule has 2 heterocycles. The number of allylic oxidation sites excluding steroid dienone is 1. The number of anilines is 1. The fourth-order valence-corrected chi connectivity index (χ4v) is 3.27. The number of rotatable bonds is 3. The zero-order chi connectivity index (χ0) is 19.1. The maximum atomic E-state index is 13.2. The predicted molar refractivity (Wildman–Crippen MR) is 101 cm³/mol. The van der Waals surface area contributed by atoms with Gasteiger partial charge >= 0.3 is 0 Å². The monoisotopic (exact) mass is 383 g/mol. The van der Waals surface area contributed by atoms with E-state index in [-0.39, 0.29) is 5.82 Å². The smallest absolute Gasteiger partial charge is 0.248 e. The summed E-state index contributed by atoms with van der Waals surface area (Å²) >= 11 is 5.99. The quantitative estimate of drug-likeness (QED) is 0.724. The van der Waals surface area contributed by atoms with Crippen molar-refractivity contribution in [1.82, 2.24) is 14.8 Å². The van der Waals surface area contributed by atoms with Crippen molar-refractivity contribution in [2.24, 2.45) is 5.73 Å². The Bertz CT molecular complexity index is 1060. The van der Waals surface area contributed by atoms with Crippen molar-refractivity contribution in [2.45, 2.75) is 13.0 Å². The van der Waals surface area contributed by atoms with Gasteiger partial charge in [0.15, 0.2) is 5.82 Å². The Balaban J connectivity index is 1.87. The molecule has 0 saturated heterocycles. The van der Waals surface area contributed by atoms with Crippen LogP contribution in [0.4, 0.5) is 10.3 Å². The Morgan fingerprint density at radius 2 is 1.85 bits per heavy atom. The zero-order valence-electron chi connectivity index (χ0n) is 14.3. The maximum absolute atomic E-state index is 13.2. The van der Waals surface area contributed by atoms with Crippen molar-refractivity contribution in [1.29, 1.82) is 0 Å². The molecule has 8 heteroatoms. The highest BCUT2D eigenvalue weighted by Gasteiger charge is 2.33. The van der Waals surface area contributed by atoms with Crippen molar-refractivity contribution in [2.75, 3.05) is 5.32 Å². The second kappa shape index (κ2) is 6.51. The number of carbonyl (C=O) groups excluding carboxylic acids is 1. The van der Waals surface area contributed by atoms with Gasteiger partial charge in [0, 0.05) is 16.3 Å². The van der Waals surface area contributed by atoms with Crippen LogP contribution in [0.5, 0.6) is 0 Å². The van der Waals surface area contributed by atoms with Gasteiger partial charge in [-0.05, 0) is 48.9 Å². The number of carbonyl (C=O) groups is 1. The average Bonchev–Trinajstić information content (AvgIpc) is 3.05. The molecule has 0 saturated carbocycles. The van der Waals surface area contributed by atoms with E-state index >= 15 is 0 Å². The van der Waals surface area contributed by atoms with E-state index in [0.717, 1.165) is 5.56 Å². The Kier molecular flexibility index (Phi) is 4.16. The third-order valence-corrected chi connectivity index (χ3v) is 4.66. The highest BCUT2D eigenvalue weighted by Crippen LogP contribution is 2.36. The Morgan fingerprint density at radius 1 is 1.19 bits per heavy atom. The highest BCUT2D eigenvalue weighted by molar-refractivity contribution is 6.30. The van der Waals surface area contributed by atoms with Gasteiger partial charge in [0.2, 0.25) is 11.9 Å². The molecule has 0 radical (unpaired) electrons. The molecule has 0 aliphatic carbocycles. The molecule has 3 aromatic rings. The standard InChI is InChI=1S/C19H15ClFN5O/c1-10-15(17(22)27)16(11-2-6-13(20)7-3-11)26-19(23-10)24-18(25-26)12-4-8-14(21)9-5-12/h2-9,16H,1H3,(H2,22,27)(H,23,24,25). The number of hydrogen-bond acceptors (Lipinski definition) is 4. The van der Waals surface area contributed by atoms with Gasteiger partial charge in [0.25, 0.3) is 0 Å². The Morgan fingerprint density at radius 3 is 2.48 bits per heavy atom. The van der Waals surface area contributed by atoms with Gasteiger partial charge in [-0.1, -0.05) is 23.7 Å². The van der Waals surface area contributed by atoms with Gasteiger partial charge in [-0.25, -0.2) is 9.07 Å². The number of benzene rings is 2. The van der Waals surface area contributed by atoms with Gasteiger partial charge in [-0.2, -0.15) is 4.98 Å². The lowest BCUT2D eigenvalue weighted by molar-refractivity contribution is -0.115. The molecule has 0 fully saturated rings. The number of nitrogens with zero attached hydrogens (tertiary/aromatic N) is 3. The first kappa shape index (κ1) is 17.2. The molecular weight excluding hydrogens is 369 g/mol. The van der Waals surface area contributed by atoms with Crippen LogP contribution in [0.25, 0.3) is 11.4 Å². The summed E-state index contributed by atoms with van der Waals surface area (Å²) in [6.45, 7) is 1.76. The first-order valence-corrected chi connectivity index (χ1v) is 8.57. The van der Waals surface area contributed by atoms with E-state index in [1.165, 1.54) is 12.1 Å². The van der Waals surface area contributed by atoms with Crippen LogP contribution < -0.4 is 11.1 Å². The van der Waals surface area contributed by atoms with Gasteiger partial charge in [0.05, 0.1) is 5.57 Å². The number of amides is 1. The molecule has 1 unspecified atom stereocenters. The van der Waals surface area contributed by atoms with Crippen molar-refractivity contribution in [3.63, 3.8) is 0 Å². The minimum atomic E-state index is -0.551. The molecule has 27 heavy (non-hydrogen) atoms. The summed E-state index contributed by atoms with van der Waals surface area (Å²) in [5.74, 6) is -0.00962. The van der Waals surface area contributed by atoms with Crippen LogP contribution in [0.3, 0.4) is 0 Å². The fraction of sp³-hybridized carbons (Fsp3) is 0.105. The second-order valence-electron chi connectivity index (χ2n) is 6.19. The van der Waals surface area contributed by atoms with Crippen LogP contribution in [0.1, 0.15) is 18.5 Å². The summed E-state index contributed by atoms with van der Waals surface area (Å²) in [5, 5.41) is 8.20. The molecule has 136 valence electrons. The fourth-order valence-electron chi connectivity index (χ4n) is 3.14. The molecule has 6 nitrogen and oxygen atoms in total. The van der Waals surface area contributed by atoms with Crippen LogP contribution in [0.2, 0.25) is 5.02 Å². The molecule has 1 amide bonds. The van der Waals surface area contributed by atoms with Crippen LogP contribution in [-0.2, 0) is 4.79 Å². The number of halogens is 2. The Hall–Kier alpha value is -3.19. The van der Waals surface area contributed by atoms with E-state index in [2.05, 4.69) is 15.4 Å². The van der Waals surface area contributed by atoms with Crippen LogP contribution in [0, 0.1) is 5.82 Å². The minimum absolute atomic E-state index is 0.339. The predicted octanol–water partition coefficient (Wildman–Crippen LogP) is 3.51. The molecule has 1 atom stereocenters. The summed E-state index contributed by atoms with van der Waals surface area (Å²) in [5.41, 5.74) is 8.09. The van der Waals surface area contributed by atoms with Gasteiger partial charge in [0.1, 0.15) is 11.9 Å². The van der Waals surface area contributed by atoms with Crippen LogP contribution in [0.15, 0.2) is 59.8 Å². The van der Waals surface area contributed by atoms with Crippen molar-refractivity contribution in [3.05, 3.63) is 76.2 Å². The lowest BCUT2D eigenvalue weighted by Gasteiger charge is -2.27. The molecule has 3 N–H and O–H groups in total. The number of aromatic nitrogens is 3. The third kappa shape index (κ3) is 3.06. The molecule has 1 aliphatic rings. The van der Waals surface area contributed by atoms with Crippen LogP contribution in [-0.4, -0.2) is 20.7 Å². The van der Waals surface area contributed by atoms with E-state index in [1.54, 1.807) is 35.9 Å².